The molecule has 0 saturated carbocycles. The molecule has 0 heterocycles. The molecule has 1 rings (SSSR count). The fraction of sp³-hybridized carbons (Fsp3) is 0.417. The van der Waals surface area contributed by atoms with Crippen molar-refractivity contribution in [1.29, 1.82) is 5.26 Å². The van der Waals surface area contributed by atoms with Gasteiger partial charge in [0.1, 0.15) is 6.07 Å². The normalized spacial score (nSPS) is 11.8. The van der Waals surface area contributed by atoms with Crippen molar-refractivity contribution < 1.29 is 0 Å². The smallest absolute Gasteiger partial charge is 0.101 e. The van der Waals surface area contributed by atoms with Gasteiger partial charge in [0.25, 0.3) is 0 Å². The predicted molar refractivity (Wildman–Crippen MR) is 71.7 cm³/mol. The molecule has 16 heavy (non-hydrogen) atoms. The molecular weight excluding hydrogens is 218 g/mol. The zero-order valence-electron chi connectivity index (χ0n) is 9.66. The van der Waals surface area contributed by atoms with Crippen molar-refractivity contribution in [2.45, 2.75) is 19.9 Å². The summed E-state index contributed by atoms with van der Waals surface area (Å²) in [5.74, 6) is 2.15. The minimum absolute atomic E-state index is 0.348. The van der Waals surface area contributed by atoms with Crippen molar-refractivity contribution in [3.8, 4) is 6.07 Å². The van der Waals surface area contributed by atoms with E-state index in [9.17, 15) is 0 Å². The lowest BCUT2D eigenvalue weighted by molar-refractivity contribution is 0.914. The Labute approximate surface area is 101 Å². The van der Waals surface area contributed by atoms with Gasteiger partial charge in [-0.3, -0.25) is 0 Å². The van der Waals surface area contributed by atoms with Crippen LogP contribution in [0.3, 0.4) is 0 Å². The molecule has 1 atom stereocenters. The molecule has 0 fully saturated rings. The molecule has 0 aliphatic rings. The van der Waals surface area contributed by atoms with Gasteiger partial charge in [0.2, 0.25) is 0 Å². The number of para-hydroxylation sites is 1. The Hall–Kier alpha value is -1.34. The fourth-order valence-corrected chi connectivity index (χ4v) is 2.06. The Morgan fingerprint density at radius 3 is 2.94 bits per heavy atom. The van der Waals surface area contributed by atoms with E-state index in [1.807, 2.05) is 23.9 Å². The van der Waals surface area contributed by atoms with E-state index in [1.165, 1.54) is 0 Å². The Morgan fingerprint density at radius 1 is 1.56 bits per heavy atom. The van der Waals surface area contributed by atoms with Crippen LogP contribution in [0.5, 0.6) is 0 Å². The lowest BCUT2D eigenvalue weighted by Gasteiger charge is -2.16. The molecule has 0 amide bonds. The second-order valence-electron chi connectivity index (χ2n) is 3.58. The summed E-state index contributed by atoms with van der Waals surface area (Å²) >= 11 is 1.88. The van der Waals surface area contributed by atoms with E-state index in [1.54, 1.807) is 6.07 Å². The summed E-state index contributed by atoms with van der Waals surface area (Å²) in [6.45, 7) is 4.25. The van der Waals surface area contributed by atoms with Crippen LogP contribution in [0.2, 0.25) is 0 Å². The fourth-order valence-electron chi connectivity index (χ4n) is 1.39. The van der Waals surface area contributed by atoms with E-state index in [2.05, 4.69) is 25.2 Å². The molecule has 0 aliphatic heterocycles. The van der Waals surface area contributed by atoms with Gasteiger partial charge in [-0.25, -0.2) is 0 Å². The van der Waals surface area contributed by atoms with Crippen LogP contribution in [-0.2, 0) is 0 Å². The molecule has 0 bridgehead atoms. The van der Waals surface area contributed by atoms with Gasteiger partial charge in [0, 0.05) is 11.8 Å². The van der Waals surface area contributed by atoms with Gasteiger partial charge in [-0.05, 0) is 24.8 Å². The number of anilines is 2. The topological polar surface area (TPSA) is 61.8 Å². The minimum Gasteiger partial charge on any atom is -0.396 e. The summed E-state index contributed by atoms with van der Waals surface area (Å²) in [6.07, 6.45) is 0. The van der Waals surface area contributed by atoms with Crippen LogP contribution in [0.1, 0.15) is 19.4 Å². The van der Waals surface area contributed by atoms with Gasteiger partial charge in [-0.1, -0.05) is 13.0 Å². The van der Waals surface area contributed by atoms with E-state index < -0.39 is 0 Å². The molecule has 1 unspecified atom stereocenters. The Bertz CT molecular complexity index is 384. The average molecular weight is 235 g/mol. The summed E-state index contributed by atoms with van der Waals surface area (Å²) in [6, 6.07) is 7.91. The van der Waals surface area contributed by atoms with E-state index in [-0.39, 0.29) is 0 Å². The minimum atomic E-state index is 0.348. The highest BCUT2D eigenvalue weighted by atomic mass is 32.2. The summed E-state index contributed by atoms with van der Waals surface area (Å²) in [5, 5.41) is 12.2. The number of benzene rings is 1. The van der Waals surface area contributed by atoms with E-state index >= 15 is 0 Å². The first-order valence-electron chi connectivity index (χ1n) is 5.32. The molecule has 4 heteroatoms. The number of nitrogens with one attached hydrogen (secondary N) is 1. The highest BCUT2D eigenvalue weighted by Crippen LogP contribution is 2.23. The predicted octanol–water partition coefficient (Wildman–Crippen LogP) is 2.69. The maximum atomic E-state index is 8.86. The first-order chi connectivity index (χ1) is 7.69. The second-order valence-corrected chi connectivity index (χ2v) is 4.90. The zero-order valence-corrected chi connectivity index (χ0v) is 10.5. The summed E-state index contributed by atoms with van der Waals surface area (Å²) < 4.78 is 0. The third kappa shape index (κ3) is 3.35. The molecule has 1 aromatic carbocycles. The number of hydrogen-bond donors (Lipinski definition) is 2. The van der Waals surface area contributed by atoms with Crippen LogP contribution < -0.4 is 11.1 Å². The van der Waals surface area contributed by atoms with Crippen LogP contribution in [-0.4, -0.2) is 17.5 Å². The molecule has 0 aromatic heterocycles. The van der Waals surface area contributed by atoms with Crippen LogP contribution in [0, 0.1) is 11.3 Å². The summed E-state index contributed by atoms with van der Waals surface area (Å²) in [4.78, 5) is 0. The van der Waals surface area contributed by atoms with Crippen LogP contribution >= 0.6 is 11.8 Å². The number of thioether (sulfide) groups is 1. The quantitative estimate of drug-likeness (QED) is 0.770. The number of nitriles is 1. The van der Waals surface area contributed by atoms with E-state index in [0.29, 0.717) is 17.3 Å². The average Bonchev–Trinajstić information content (AvgIpc) is 2.29. The number of nitrogens with two attached hydrogens (primary N) is 1. The van der Waals surface area contributed by atoms with E-state index in [4.69, 9.17) is 11.0 Å². The van der Waals surface area contributed by atoms with Crippen molar-refractivity contribution in [2.75, 3.05) is 22.6 Å². The van der Waals surface area contributed by atoms with E-state index in [0.717, 1.165) is 17.2 Å². The van der Waals surface area contributed by atoms with Gasteiger partial charge >= 0.3 is 0 Å². The number of nitrogens with zero attached hydrogens (tertiary/aromatic N) is 1. The largest absolute Gasteiger partial charge is 0.396 e. The van der Waals surface area contributed by atoms with Crippen molar-refractivity contribution in [1.82, 2.24) is 0 Å². The monoisotopic (exact) mass is 235 g/mol. The lowest BCUT2D eigenvalue weighted by atomic mass is 10.1. The molecule has 86 valence electrons. The molecule has 0 saturated heterocycles. The lowest BCUT2D eigenvalue weighted by Crippen LogP contribution is -2.19. The SMILES string of the molecule is CCSCC(C)Nc1cccc(C#N)c1N. The third-order valence-electron chi connectivity index (χ3n) is 2.20. The molecule has 3 N–H and O–H groups in total. The number of nitrogen functional groups attached to an aromatic ring is 1. The van der Waals surface area contributed by atoms with Crippen molar-refractivity contribution in [3.63, 3.8) is 0 Å². The highest BCUT2D eigenvalue weighted by molar-refractivity contribution is 7.99. The van der Waals surface area contributed by atoms with Crippen LogP contribution in [0.15, 0.2) is 18.2 Å². The first-order valence-corrected chi connectivity index (χ1v) is 6.47. The zero-order chi connectivity index (χ0) is 12.0. The van der Waals surface area contributed by atoms with Crippen LogP contribution in [0.25, 0.3) is 0 Å². The summed E-state index contributed by atoms with van der Waals surface area (Å²) in [5.41, 5.74) is 7.80. The number of hydrogen-bond acceptors (Lipinski definition) is 4. The molecule has 0 spiro atoms. The molecule has 0 radical (unpaired) electrons. The highest BCUT2D eigenvalue weighted by Gasteiger charge is 2.07. The maximum Gasteiger partial charge on any atom is 0.101 e. The Kier molecular flexibility index (Phi) is 5.00. The van der Waals surface area contributed by atoms with Gasteiger partial charge in [-0.15, -0.1) is 0 Å². The number of rotatable bonds is 5. The maximum absolute atomic E-state index is 8.86. The van der Waals surface area contributed by atoms with Gasteiger partial charge in [0.05, 0.1) is 16.9 Å². The summed E-state index contributed by atoms with van der Waals surface area (Å²) in [7, 11) is 0. The van der Waals surface area contributed by atoms with Crippen LogP contribution in [0.4, 0.5) is 11.4 Å². The molecule has 0 aliphatic carbocycles. The van der Waals surface area contributed by atoms with Gasteiger partial charge in [-0.2, -0.15) is 17.0 Å². The van der Waals surface area contributed by atoms with Crippen molar-refractivity contribution in [2.24, 2.45) is 0 Å². The first kappa shape index (κ1) is 12.7. The third-order valence-corrected chi connectivity index (χ3v) is 3.34. The molecule has 1 aromatic rings. The van der Waals surface area contributed by atoms with Gasteiger partial charge < -0.3 is 11.1 Å². The Morgan fingerprint density at radius 2 is 2.31 bits per heavy atom. The van der Waals surface area contributed by atoms with Crippen molar-refractivity contribution in [3.05, 3.63) is 23.8 Å². The second kappa shape index (κ2) is 6.29. The standard InChI is InChI=1S/C12H17N3S/c1-3-16-8-9(2)15-11-6-4-5-10(7-13)12(11)14/h4-6,9,15H,3,8,14H2,1-2H3. The molecule has 3 nitrogen and oxygen atoms in total. The Balaban J connectivity index is 2.70. The molecular formula is C12H17N3S. The van der Waals surface area contributed by atoms with Gasteiger partial charge in [0.15, 0.2) is 0 Å². The van der Waals surface area contributed by atoms with Crippen molar-refractivity contribution >= 4 is 23.1 Å².